The predicted octanol–water partition coefficient (Wildman–Crippen LogP) is 2.22. The summed E-state index contributed by atoms with van der Waals surface area (Å²) in [4.78, 5) is 36.6. The number of carbonyl (C=O) groups excluding carboxylic acids is 3. The molecule has 2 heterocycles. The molecule has 0 fully saturated rings. The highest BCUT2D eigenvalue weighted by atomic mass is 127. The van der Waals surface area contributed by atoms with E-state index in [0.717, 1.165) is 11.3 Å². The molecule has 24 heavy (non-hydrogen) atoms. The van der Waals surface area contributed by atoms with Gasteiger partial charge in [-0.05, 0) is 35.1 Å². The summed E-state index contributed by atoms with van der Waals surface area (Å²) in [5.74, 6) is -1.67. The average Bonchev–Trinajstić information content (AvgIpc) is 3.05. The van der Waals surface area contributed by atoms with E-state index in [0.29, 0.717) is 14.8 Å². The Morgan fingerprint density at radius 1 is 1.25 bits per heavy atom. The van der Waals surface area contributed by atoms with Crippen molar-refractivity contribution >= 4 is 56.8 Å². The van der Waals surface area contributed by atoms with Gasteiger partial charge in [-0.2, -0.15) is 5.10 Å². The van der Waals surface area contributed by atoms with Crippen LogP contribution in [-0.2, 0) is 16.5 Å². The summed E-state index contributed by atoms with van der Waals surface area (Å²) in [5.41, 5.74) is 0.874. The molecule has 0 aliphatic heterocycles. The molecule has 10 heteroatoms. The molecule has 1 amide bonds. The standard InChI is InChI=1S/C14H14IN3O5S/c1-6-8(13(20)22-3)12(24-10(6)14(21)23-4)17-11(19)9-7(15)5-16-18(9)2/h5H,1-4H3,(H,17,19). The van der Waals surface area contributed by atoms with Gasteiger partial charge in [-0.3, -0.25) is 9.48 Å². The molecule has 1 N–H and O–H groups in total. The number of nitrogens with zero attached hydrogens (tertiary/aromatic N) is 2. The van der Waals surface area contributed by atoms with E-state index in [-0.39, 0.29) is 15.4 Å². The van der Waals surface area contributed by atoms with Gasteiger partial charge in [-0.25, -0.2) is 9.59 Å². The first-order chi connectivity index (χ1) is 11.3. The lowest BCUT2D eigenvalue weighted by Gasteiger charge is -2.06. The van der Waals surface area contributed by atoms with Crippen LogP contribution in [0.2, 0.25) is 0 Å². The summed E-state index contributed by atoms with van der Waals surface area (Å²) in [6, 6.07) is 0. The van der Waals surface area contributed by atoms with Crippen LogP contribution in [0.5, 0.6) is 0 Å². The van der Waals surface area contributed by atoms with E-state index in [2.05, 4.69) is 10.4 Å². The van der Waals surface area contributed by atoms with Crippen molar-refractivity contribution in [3.63, 3.8) is 0 Å². The van der Waals surface area contributed by atoms with E-state index < -0.39 is 17.8 Å². The van der Waals surface area contributed by atoms with E-state index in [1.165, 1.54) is 18.9 Å². The van der Waals surface area contributed by atoms with E-state index in [4.69, 9.17) is 9.47 Å². The van der Waals surface area contributed by atoms with Gasteiger partial charge in [0.15, 0.2) is 0 Å². The number of anilines is 1. The average molecular weight is 463 g/mol. The lowest BCUT2D eigenvalue weighted by Crippen LogP contribution is -2.18. The third kappa shape index (κ3) is 3.29. The Balaban J connectivity index is 2.47. The van der Waals surface area contributed by atoms with Crippen LogP contribution in [0.4, 0.5) is 5.00 Å². The van der Waals surface area contributed by atoms with Crippen molar-refractivity contribution in [2.45, 2.75) is 6.92 Å². The molecule has 0 aliphatic rings. The van der Waals surface area contributed by atoms with Crippen LogP contribution in [0.1, 0.15) is 36.1 Å². The lowest BCUT2D eigenvalue weighted by molar-refractivity contribution is 0.0601. The van der Waals surface area contributed by atoms with Crippen LogP contribution < -0.4 is 5.32 Å². The number of amides is 1. The number of rotatable bonds is 4. The fourth-order valence-corrected chi connectivity index (χ4v) is 3.89. The van der Waals surface area contributed by atoms with Crippen molar-refractivity contribution in [2.24, 2.45) is 7.05 Å². The van der Waals surface area contributed by atoms with Crippen LogP contribution in [0, 0.1) is 10.5 Å². The Labute approximate surface area is 155 Å². The van der Waals surface area contributed by atoms with Crippen molar-refractivity contribution in [1.82, 2.24) is 9.78 Å². The summed E-state index contributed by atoms with van der Waals surface area (Å²) in [7, 11) is 4.11. The summed E-state index contributed by atoms with van der Waals surface area (Å²) >= 11 is 2.95. The zero-order valence-electron chi connectivity index (χ0n) is 13.3. The van der Waals surface area contributed by atoms with Gasteiger partial charge < -0.3 is 14.8 Å². The van der Waals surface area contributed by atoms with Crippen LogP contribution in [0.3, 0.4) is 0 Å². The summed E-state index contributed by atoms with van der Waals surface area (Å²) in [6.07, 6.45) is 1.55. The largest absolute Gasteiger partial charge is 0.465 e. The molecule has 0 aromatic carbocycles. The van der Waals surface area contributed by atoms with Gasteiger partial charge in [0.25, 0.3) is 5.91 Å². The van der Waals surface area contributed by atoms with Crippen LogP contribution in [-0.4, -0.2) is 41.8 Å². The number of methoxy groups -OCH3 is 2. The van der Waals surface area contributed by atoms with Crippen molar-refractivity contribution in [3.8, 4) is 0 Å². The molecule has 2 rings (SSSR count). The molecule has 0 saturated carbocycles. The first kappa shape index (κ1) is 18.4. The normalized spacial score (nSPS) is 10.4. The molecule has 0 unspecified atom stereocenters. The highest BCUT2D eigenvalue weighted by Crippen LogP contribution is 2.34. The molecular weight excluding hydrogens is 449 g/mol. The second-order valence-corrected chi connectivity index (χ2v) is 6.85. The third-order valence-corrected chi connectivity index (χ3v) is 5.22. The molecule has 0 atom stereocenters. The monoisotopic (exact) mass is 463 g/mol. The molecule has 8 nitrogen and oxygen atoms in total. The van der Waals surface area contributed by atoms with Gasteiger partial charge in [0.2, 0.25) is 0 Å². The highest BCUT2D eigenvalue weighted by Gasteiger charge is 2.27. The minimum absolute atomic E-state index is 0.133. The minimum atomic E-state index is -0.645. The molecule has 2 aromatic heterocycles. The first-order valence-electron chi connectivity index (χ1n) is 6.60. The number of esters is 2. The number of thiophene rings is 1. The summed E-state index contributed by atoms with van der Waals surface area (Å²) in [6.45, 7) is 1.60. The number of ether oxygens (including phenoxy) is 2. The number of hydrogen-bond acceptors (Lipinski definition) is 7. The van der Waals surface area contributed by atoms with E-state index in [1.807, 2.05) is 22.6 Å². The smallest absolute Gasteiger partial charge is 0.348 e. The Kier molecular flexibility index (Phi) is 5.59. The number of carbonyl (C=O) groups is 3. The van der Waals surface area contributed by atoms with Crippen LogP contribution >= 0.6 is 33.9 Å². The zero-order chi connectivity index (χ0) is 18.0. The van der Waals surface area contributed by atoms with Gasteiger partial charge in [0.05, 0.1) is 29.6 Å². The highest BCUT2D eigenvalue weighted by molar-refractivity contribution is 14.1. The maximum Gasteiger partial charge on any atom is 0.348 e. The molecule has 0 saturated heterocycles. The first-order valence-corrected chi connectivity index (χ1v) is 8.50. The maximum absolute atomic E-state index is 12.5. The second kappa shape index (κ2) is 7.30. The number of hydrogen-bond donors (Lipinski definition) is 1. The molecule has 128 valence electrons. The van der Waals surface area contributed by atoms with Gasteiger partial charge in [-0.15, -0.1) is 11.3 Å². The zero-order valence-corrected chi connectivity index (χ0v) is 16.3. The lowest BCUT2D eigenvalue weighted by atomic mass is 10.1. The Morgan fingerprint density at radius 2 is 1.88 bits per heavy atom. The van der Waals surface area contributed by atoms with Gasteiger partial charge >= 0.3 is 11.9 Å². The molecule has 0 bridgehead atoms. The van der Waals surface area contributed by atoms with Gasteiger partial charge in [-0.1, -0.05) is 0 Å². The Morgan fingerprint density at radius 3 is 2.38 bits per heavy atom. The molecular formula is C14H14IN3O5S. The number of aromatic nitrogens is 2. The summed E-state index contributed by atoms with van der Waals surface area (Å²) in [5, 5.41) is 6.88. The van der Waals surface area contributed by atoms with Gasteiger partial charge in [0, 0.05) is 7.05 Å². The number of aryl methyl sites for hydroxylation is 1. The van der Waals surface area contributed by atoms with E-state index in [9.17, 15) is 14.4 Å². The molecule has 0 radical (unpaired) electrons. The molecule has 0 aliphatic carbocycles. The maximum atomic E-state index is 12.5. The van der Waals surface area contributed by atoms with Crippen molar-refractivity contribution < 1.29 is 23.9 Å². The topological polar surface area (TPSA) is 99.5 Å². The SMILES string of the molecule is COC(=O)c1sc(NC(=O)c2c(I)cnn2C)c(C(=O)OC)c1C. The van der Waals surface area contributed by atoms with Crippen molar-refractivity contribution in [2.75, 3.05) is 19.5 Å². The van der Waals surface area contributed by atoms with Gasteiger partial charge in [0.1, 0.15) is 15.6 Å². The third-order valence-electron chi connectivity index (χ3n) is 3.24. The fraction of sp³-hybridized carbons (Fsp3) is 0.286. The Bertz CT molecular complexity index is 807. The second-order valence-electron chi connectivity index (χ2n) is 4.66. The van der Waals surface area contributed by atoms with Crippen molar-refractivity contribution in [1.29, 1.82) is 0 Å². The van der Waals surface area contributed by atoms with E-state index >= 15 is 0 Å². The van der Waals surface area contributed by atoms with Crippen molar-refractivity contribution in [3.05, 3.63) is 31.5 Å². The van der Waals surface area contributed by atoms with E-state index in [1.54, 1.807) is 20.2 Å². The minimum Gasteiger partial charge on any atom is -0.465 e. The summed E-state index contributed by atoms with van der Waals surface area (Å²) < 4.78 is 11.5. The van der Waals surface area contributed by atoms with Crippen LogP contribution in [0.15, 0.2) is 6.20 Å². The molecule has 0 spiro atoms. The fourth-order valence-electron chi connectivity index (χ4n) is 2.07. The molecule has 2 aromatic rings. The predicted molar refractivity (Wildman–Crippen MR) is 95.6 cm³/mol. The quantitative estimate of drug-likeness (QED) is 0.552. The Hall–Kier alpha value is -1.95. The number of halogens is 1. The van der Waals surface area contributed by atoms with Crippen LogP contribution in [0.25, 0.3) is 0 Å². The number of nitrogens with one attached hydrogen (secondary N) is 1.